The van der Waals surface area contributed by atoms with E-state index in [1.165, 1.54) is 19.4 Å². The van der Waals surface area contributed by atoms with Crippen LogP contribution in [0, 0.1) is 11.8 Å². The van der Waals surface area contributed by atoms with E-state index in [2.05, 4.69) is 18.7 Å². The van der Waals surface area contributed by atoms with Crippen molar-refractivity contribution in [2.45, 2.75) is 38.8 Å². The summed E-state index contributed by atoms with van der Waals surface area (Å²) < 4.78 is 5.42. The minimum atomic E-state index is 0.262. The van der Waals surface area contributed by atoms with Gasteiger partial charge in [-0.1, -0.05) is 13.8 Å². The van der Waals surface area contributed by atoms with Gasteiger partial charge in [0.1, 0.15) is 0 Å². The minimum absolute atomic E-state index is 0.262. The Balaban J connectivity index is 1.82. The quantitative estimate of drug-likeness (QED) is 0.741. The molecule has 0 radical (unpaired) electrons. The first-order valence-electron chi connectivity index (χ1n) is 6.24. The SMILES string of the molecule is CC(C)CN(CC1COCC1N)C1CC1. The monoisotopic (exact) mass is 212 g/mol. The highest BCUT2D eigenvalue weighted by Gasteiger charge is 2.34. The molecule has 0 aromatic carbocycles. The van der Waals surface area contributed by atoms with Gasteiger partial charge in [0.15, 0.2) is 0 Å². The molecule has 2 N–H and O–H groups in total. The number of hydrogen-bond donors (Lipinski definition) is 1. The zero-order valence-electron chi connectivity index (χ0n) is 9.98. The average molecular weight is 212 g/mol. The van der Waals surface area contributed by atoms with Crippen LogP contribution in [0.5, 0.6) is 0 Å². The van der Waals surface area contributed by atoms with Crippen LogP contribution in [0.4, 0.5) is 0 Å². The zero-order valence-corrected chi connectivity index (χ0v) is 9.98. The average Bonchev–Trinajstić information content (AvgIpc) is 2.92. The third-order valence-electron chi connectivity index (χ3n) is 3.38. The Hall–Kier alpha value is -0.120. The number of ether oxygens (including phenoxy) is 1. The summed E-state index contributed by atoms with van der Waals surface area (Å²) in [6.45, 7) is 8.56. The van der Waals surface area contributed by atoms with Gasteiger partial charge in [-0.25, -0.2) is 0 Å². The highest BCUT2D eigenvalue weighted by Crippen LogP contribution is 2.29. The van der Waals surface area contributed by atoms with Gasteiger partial charge in [0.25, 0.3) is 0 Å². The molecule has 2 aliphatic rings. The summed E-state index contributed by atoms with van der Waals surface area (Å²) in [5, 5.41) is 0. The molecule has 2 fully saturated rings. The Labute approximate surface area is 93.0 Å². The van der Waals surface area contributed by atoms with Crippen molar-refractivity contribution >= 4 is 0 Å². The van der Waals surface area contributed by atoms with Crippen molar-refractivity contribution in [3.63, 3.8) is 0 Å². The van der Waals surface area contributed by atoms with E-state index in [-0.39, 0.29) is 6.04 Å². The molecule has 1 aliphatic carbocycles. The van der Waals surface area contributed by atoms with E-state index in [4.69, 9.17) is 10.5 Å². The summed E-state index contributed by atoms with van der Waals surface area (Å²) in [7, 11) is 0. The topological polar surface area (TPSA) is 38.5 Å². The van der Waals surface area contributed by atoms with Crippen molar-refractivity contribution in [3.8, 4) is 0 Å². The molecule has 2 unspecified atom stereocenters. The van der Waals surface area contributed by atoms with Gasteiger partial charge in [0, 0.05) is 31.1 Å². The van der Waals surface area contributed by atoms with Gasteiger partial charge < -0.3 is 10.5 Å². The van der Waals surface area contributed by atoms with Gasteiger partial charge in [-0.3, -0.25) is 4.90 Å². The van der Waals surface area contributed by atoms with Crippen LogP contribution in [0.2, 0.25) is 0 Å². The predicted molar refractivity (Wildman–Crippen MR) is 61.7 cm³/mol. The highest BCUT2D eigenvalue weighted by molar-refractivity contribution is 4.89. The van der Waals surface area contributed by atoms with E-state index in [1.54, 1.807) is 0 Å². The van der Waals surface area contributed by atoms with Crippen LogP contribution in [-0.4, -0.2) is 43.3 Å². The molecule has 0 amide bonds. The van der Waals surface area contributed by atoms with E-state index in [9.17, 15) is 0 Å². The predicted octanol–water partition coefficient (Wildman–Crippen LogP) is 1.08. The third kappa shape index (κ3) is 3.16. The summed E-state index contributed by atoms with van der Waals surface area (Å²) in [6, 6.07) is 1.11. The first kappa shape index (κ1) is 11.4. The normalized spacial score (nSPS) is 31.8. The fourth-order valence-electron chi connectivity index (χ4n) is 2.39. The lowest BCUT2D eigenvalue weighted by atomic mass is 10.0. The Morgan fingerprint density at radius 2 is 2.07 bits per heavy atom. The highest BCUT2D eigenvalue weighted by atomic mass is 16.5. The summed E-state index contributed by atoms with van der Waals surface area (Å²) in [5.74, 6) is 1.31. The smallest absolute Gasteiger partial charge is 0.0621 e. The van der Waals surface area contributed by atoms with Crippen molar-refractivity contribution in [1.29, 1.82) is 0 Å². The molecule has 1 saturated heterocycles. The van der Waals surface area contributed by atoms with Crippen LogP contribution in [0.25, 0.3) is 0 Å². The Morgan fingerprint density at radius 1 is 1.33 bits per heavy atom. The lowest BCUT2D eigenvalue weighted by Crippen LogP contribution is -2.41. The molecule has 1 aliphatic heterocycles. The van der Waals surface area contributed by atoms with Gasteiger partial charge in [0.2, 0.25) is 0 Å². The maximum atomic E-state index is 6.03. The van der Waals surface area contributed by atoms with E-state index in [1.807, 2.05) is 0 Å². The molecule has 1 heterocycles. The lowest BCUT2D eigenvalue weighted by molar-refractivity contribution is 0.157. The van der Waals surface area contributed by atoms with Crippen LogP contribution in [-0.2, 0) is 4.74 Å². The van der Waals surface area contributed by atoms with E-state index >= 15 is 0 Å². The molecule has 3 nitrogen and oxygen atoms in total. The van der Waals surface area contributed by atoms with Gasteiger partial charge in [-0.2, -0.15) is 0 Å². The summed E-state index contributed by atoms with van der Waals surface area (Å²) in [5.41, 5.74) is 6.03. The van der Waals surface area contributed by atoms with Crippen molar-refractivity contribution in [2.24, 2.45) is 17.6 Å². The minimum Gasteiger partial charge on any atom is -0.379 e. The second-order valence-corrected chi connectivity index (χ2v) is 5.54. The summed E-state index contributed by atoms with van der Waals surface area (Å²) >= 11 is 0. The number of hydrogen-bond acceptors (Lipinski definition) is 3. The Bertz CT molecular complexity index is 204. The molecule has 2 rings (SSSR count). The summed E-state index contributed by atoms with van der Waals surface area (Å²) in [4.78, 5) is 2.63. The van der Waals surface area contributed by atoms with Gasteiger partial charge in [0.05, 0.1) is 13.2 Å². The lowest BCUT2D eigenvalue weighted by Gasteiger charge is -2.27. The number of nitrogens with zero attached hydrogens (tertiary/aromatic N) is 1. The molecule has 0 aromatic rings. The van der Waals surface area contributed by atoms with Crippen LogP contribution in [0.1, 0.15) is 26.7 Å². The fourth-order valence-corrected chi connectivity index (χ4v) is 2.39. The number of rotatable bonds is 5. The zero-order chi connectivity index (χ0) is 10.8. The molecule has 1 saturated carbocycles. The molecule has 2 atom stereocenters. The van der Waals surface area contributed by atoms with Gasteiger partial charge >= 0.3 is 0 Å². The number of nitrogens with two attached hydrogens (primary N) is 1. The Morgan fingerprint density at radius 3 is 2.53 bits per heavy atom. The second kappa shape index (κ2) is 4.81. The Kier molecular flexibility index (Phi) is 3.65. The molecule has 88 valence electrons. The molecule has 0 bridgehead atoms. The molecule has 0 aromatic heterocycles. The van der Waals surface area contributed by atoms with Gasteiger partial charge in [-0.05, 0) is 18.8 Å². The molecule has 0 spiro atoms. The van der Waals surface area contributed by atoms with Crippen molar-refractivity contribution in [3.05, 3.63) is 0 Å². The van der Waals surface area contributed by atoms with Gasteiger partial charge in [-0.15, -0.1) is 0 Å². The van der Waals surface area contributed by atoms with Crippen LogP contribution >= 0.6 is 0 Å². The van der Waals surface area contributed by atoms with E-state index < -0.39 is 0 Å². The molecule has 15 heavy (non-hydrogen) atoms. The van der Waals surface area contributed by atoms with Crippen molar-refractivity contribution in [1.82, 2.24) is 4.90 Å². The van der Waals surface area contributed by atoms with Crippen LogP contribution in [0.15, 0.2) is 0 Å². The third-order valence-corrected chi connectivity index (χ3v) is 3.38. The first-order valence-corrected chi connectivity index (χ1v) is 6.24. The maximum absolute atomic E-state index is 6.03. The molecular weight excluding hydrogens is 188 g/mol. The van der Waals surface area contributed by atoms with E-state index in [0.717, 1.165) is 31.7 Å². The van der Waals surface area contributed by atoms with Crippen LogP contribution < -0.4 is 5.73 Å². The van der Waals surface area contributed by atoms with Crippen molar-refractivity contribution in [2.75, 3.05) is 26.3 Å². The first-order chi connectivity index (χ1) is 7.16. The second-order valence-electron chi connectivity index (χ2n) is 5.54. The molecular formula is C12H24N2O. The fraction of sp³-hybridized carbons (Fsp3) is 1.00. The standard InChI is InChI=1S/C12H24N2O/c1-9(2)5-14(11-3-4-11)6-10-7-15-8-12(10)13/h9-12H,3-8,13H2,1-2H3. The summed E-state index contributed by atoms with van der Waals surface area (Å²) in [6.07, 6.45) is 2.77. The van der Waals surface area contributed by atoms with Crippen molar-refractivity contribution < 1.29 is 4.74 Å². The molecule has 3 heteroatoms. The maximum Gasteiger partial charge on any atom is 0.0621 e. The van der Waals surface area contributed by atoms with E-state index in [0.29, 0.717) is 5.92 Å². The largest absolute Gasteiger partial charge is 0.379 e. The van der Waals surface area contributed by atoms with Crippen LogP contribution in [0.3, 0.4) is 0 Å².